The van der Waals surface area contributed by atoms with Crippen molar-refractivity contribution in [1.29, 1.82) is 0 Å². The molecule has 2 rings (SSSR count). The highest BCUT2D eigenvalue weighted by molar-refractivity contribution is 5.41. The quantitative estimate of drug-likeness (QED) is 0.859. The second-order valence-electron chi connectivity index (χ2n) is 5.45. The van der Waals surface area contributed by atoms with Crippen molar-refractivity contribution >= 4 is 0 Å². The minimum atomic E-state index is -4.42. The van der Waals surface area contributed by atoms with Crippen molar-refractivity contribution in [2.75, 3.05) is 0 Å². The molecule has 21 heavy (non-hydrogen) atoms. The van der Waals surface area contributed by atoms with Crippen molar-refractivity contribution in [2.24, 2.45) is 0 Å². The molecule has 1 nitrogen and oxygen atoms in total. The molecule has 0 saturated carbocycles. The summed E-state index contributed by atoms with van der Waals surface area (Å²) in [5.41, 5.74) is 0.618. The average molecular weight is 294 g/mol. The van der Waals surface area contributed by atoms with Crippen molar-refractivity contribution in [3.63, 3.8) is 0 Å². The standard InChI is InChI=1S/C17H17F3O/c1-11-7-8-14(9-12(11)2)16(3,21)13-5-4-6-15(10-13)17(18,19)20/h4-10,21H,1-3H3. The molecule has 0 aliphatic carbocycles. The zero-order valence-electron chi connectivity index (χ0n) is 12.1. The van der Waals surface area contributed by atoms with Gasteiger partial charge < -0.3 is 5.11 Å². The summed E-state index contributed by atoms with van der Waals surface area (Å²) in [6.07, 6.45) is -4.42. The van der Waals surface area contributed by atoms with Gasteiger partial charge in [-0.05, 0) is 55.2 Å². The van der Waals surface area contributed by atoms with Gasteiger partial charge in [0.25, 0.3) is 0 Å². The summed E-state index contributed by atoms with van der Waals surface area (Å²) in [7, 11) is 0. The number of aliphatic hydroxyl groups is 1. The van der Waals surface area contributed by atoms with E-state index in [0.717, 1.165) is 23.3 Å². The van der Waals surface area contributed by atoms with Crippen LogP contribution in [0.15, 0.2) is 42.5 Å². The predicted molar refractivity (Wildman–Crippen MR) is 76.0 cm³/mol. The molecule has 0 heterocycles. The van der Waals surface area contributed by atoms with Gasteiger partial charge in [0.1, 0.15) is 5.60 Å². The minimum Gasteiger partial charge on any atom is -0.381 e. The van der Waals surface area contributed by atoms with E-state index in [4.69, 9.17) is 0 Å². The first-order chi connectivity index (χ1) is 9.62. The first-order valence-electron chi connectivity index (χ1n) is 6.60. The number of aryl methyl sites for hydroxylation is 2. The maximum Gasteiger partial charge on any atom is 0.416 e. The molecule has 0 radical (unpaired) electrons. The van der Waals surface area contributed by atoms with Gasteiger partial charge in [-0.2, -0.15) is 13.2 Å². The fourth-order valence-corrected chi connectivity index (χ4v) is 2.21. The summed E-state index contributed by atoms with van der Waals surface area (Å²) in [5, 5.41) is 10.7. The molecule has 0 aliphatic rings. The summed E-state index contributed by atoms with van der Waals surface area (Å²) < 4.78 is 38.4. The summed E-state index contributed by atoms with van der Waals surface area (Å²) in [4.78, 5) is 0. The Morgan fingerprint density at radius 1 is 0.810 bits per heavy atom. The summed E-state index contributed by atoms with van der Waals surface area (Å²) >= 11 is 0. The number of alkyl halides is 3. The van der Waals surface area contributed by atoms with Crippen LogP contribution in [-0.2, 0) is 11.8 Å². The van der Waals surface area contributed by atoms with Gasteiger partial charge >= 0.3 is 6.18 Å². The molecule has 4 heteroatoms. The van der Waals surface area contributed by atoms with Crippen LogP contribution < -0.4 is 0 Å². The zero-order valence-corrected chi connectivity index (χ0v) is 12.1. The van der Waals surface area contributed by atoms with E-state index in [9.17, 15) is 18.3 Å². The molecular formula is C17H17F3O. The van der Waals surface area contributed by atoms with Crippen LogP contribution in [0.3, 0.4) is 0 Å². The van der Waals surface area contributed by atoms with Crippen LogP contribution in [0, 0.1) is 13.8 Å². The van der Waals surface area contributed by atoms with E-state index in [2.05, 4.69) is 0 Å². The molecule has 1 N–H and O–H groups in total. The lowest BCUT2D eigenvalue weighted by molar-refractivity contribution is -0.137. The Kier molecular flexibility index (Phi) is 3.85. The smallest absolute Gasteiger partial charge is 0.381 e. The Bertz CT molecular complexity index is 657. The monoisotopic (exact) mass is 294 g/mol. The van der Waals surface area contributed by atoms with Gasteiger partial charge in [-0.3, -0.25) is 0 Å². The summed E-state index contributed by atoms with van der Waals surface area (Å²) in [5.74, 6) is 0. The van der Waals surface area contributed by atoms with Crippen LogP contribution in [0.4, 0.5) is 13.2 Å². The molecule has 2 aromatic carbocycles. The van der Waals surface area contributed by atoms with Crippen molar-refractivity contribution < 1.29 is 18.3 Å². The predicted octanol–water partition coefficient (Wildman–Crippen LogP) is 4.58. The Hall–Kier alpha value is -1.81. The number of benzene rings is 2. The fourth-order valence-electron chi connectivity index (χ4n) is 2.21. The highest BCUT2D eigenvalue weighted by atomic mass is 19.4. The topological polar surface area (TPSA) is 20.2 Å². The van der Waals surface area contributed by atoms with Crippen molar-refractivity contribution in [1.82, 2.24) is 0 Å². The van der Waals surface area contributed by atoms with Gasteiger partial charge in [-0.15, -0.1) is 0 Å². The molecule has 0 fully saturated rings. The van der Waals surface area contributed by atoms with E-state index in [1.54, 1.807) is 12.1 Å². The Morgan fingerprint density at radius 2 is 1.38 bits per heavy atom. The third-order valence-electron chi connectivity index (χ3n) is 3.82. The van der Waals surface area contributed by atoms with Crippen LogP contribution in [0.1, 0.15) is 34.7 Å². The number of rotatable bonds is 2. The number of hydrogen-bond donors (Lipinski definition) is 1. The lowest BCUT2D eigenvalue weighted by atomic mass is 9.86. The molecule has 0 spiro atoms. The summed E-state index contributed by atoms with van der Waals surface area (Å²) in [6.45, 7) is 5.35. The molecule has 112 valence electrons. The molecule has 0 aromatic heterocycles. The number of hydrogen-bond acceptors (Lipinski definition) is 1. The van der Waals surface area contributed by atoms with E-state index < -0.39 is 17.3 Å². The van der Waals surface area contributed by atoms with Crippen molar-refractivity contribution in [3.8, 4) is 0 Å². The normalized spacial score (nSPS) is 14.8. The molecule has 1 unspecified atom stereocenters. The highest BCUT2D eigenvalue weighted by Crippen LogP contribution is 2.35. The van der Waals surface area contributed by atoms with Crippen LogP contribution in [0.5, 0.6) is 0 Å². The van der Waals surface area contributed by atoms with E-state index in [-0.39, 0.29) is 5.56 Å². The van der Waals surface area contributed by atoms with Gasteiger partial charge in [0, 0.05) is 0 Å². The van der Waals surface area contributed by atoms with E-state index in [1.165, 1.54) is 19.1 Å². The van der Waals surface area contributed by atoms with Gasteiger partial charge in [0.05, 0.1) is 5.56 Å². The second-order valence-corrected chi connectivity index (χ2v) is 5.45. The van der Waals surface area contributed by atoms with E-state index in [1.807, 2.05) is 19.9 Å². The second kappa shape index (κ2) is 5.19. The van der Waals surface area contributed by atoms with Crippen LogP contribution in [0.2, 0.25) is 0 Å². The molecule has 0 bridgehead atoms. The molecule has 2 aromatic rings. The molecule has 0 aliphatic heterocycles. The first-order valence-corrected chi connectivity index (χ1v) is 6.60. The zero-order chi connectivity index (χ0) is 15.8. The largest absolute Gasteiger partial charge is 0.416 e. The maximum atomic E-state index is 12.8. The highest BCUT2D eigenvalue weighted by Gasteiger charge is 2.33. The van der Waals surface area contributed by atoms with E-state index in [0.29, 0.717) is 5.56 Å². The molecular weight excluding hydrogens is 277 g/mol. The SMILES string of the molecule is Cc1ccc(C(C)(O)c2cccc(C(F)(F)F)c2)cc1C. The third-order valence-corrected chi connectivity index (χ3v) is 3.82. The third kappa shape index (κ3) is 3.10. The fraction of sp³-hybridized carbons (Fsp3) is 0.294. The lowest BCUT2D eigenvalue weighted by Crippen LogP contribution is -2.23. The van der Waals surface area contributed by atoms with Gasteiger partial charge in [-0.1, -0.05) is 30.3 Å². The Morgan fingerprint density at radius 3 is 1.95 bits per heavy atom. The Labute approximate surface area is 122 Å². The van der Waals surface area contributed by atoms with Gasteiger partial charge in [-0.25, -0.2) is 0 Å². The maximum absolute atomic E-state index is 12.8. The lowest BCUT2D eigenvalue weighted by Gasteiger charge is -2.26. The first kappa shape index (κ1) is 15.6. The van der Waals surface area contributed by atoms with Crippen molar-refractivity contribution in [2.45, 2.75) is 32.5 Å². The Balaban J connectivity index is 2.50. The summed E-state index contributed by atoms with van der Waals surface area (Å²) in [6, 6.07) is 10.2. The van der Waals surface area contributed by atoms with Crippen molar-refractivity contribution in [3.05, 3.63) is 70.3 Å². The van der Waals surface area contributed by atoms with Gasteiger partial charge in [0.15, 0.2) is 0 Å². The average Bonchev–Trinajstić information content (AvgIpc) is 2.41. The molecule has 1 atom stereocenters. The molecule has 0 amide bonds. The van der Waals surface area contributed by atoms with Crippen LogP contribution >= 0.6 is 0 Å². The minimum absolute atomic E-state index is 0.223. The van der Waals surface area contributed by atoms with Gasteiger partial charge in [0.2, 0.25) is 0 Å². The van der Waals surface area contributed by atoms with E-state index >= 15 is 0 Å². The number of halogens is 3. The molecule has 0 saturated heterocycles. The van der Waals surface area contributed by atoms with Crippen LogP contribution in [-0.4, -0.2) is 5.11 Å². The van der Waals surface area contributed by atoms with Crippen LogP contribution in [0.25, 0.3) is 0 Å².